The maximum absolute atomic E-state index is 12.2. The minimum atomic E-state index is -3.88. The lowest BCUT2D eigenvalue weighted by molar-refractivity contribution is 0.0686. The van der Waals surface area contributed by atoms with Gasteiger partial charge in [0.1, 0.15) is 4.90 Å². The van der Waals surface area contributed by atoms with Crippen molar-refractivity contribution in [3.63, 3.8) is 0 Å². The molecular weight excluding hydrogens is 270 g/mol. The van der Waals surface area contributed by atoms with Crippen LogP contribution in [0.15, 0.2) is 17.0 Å². The highest BCUT2D eigenvalue weighted by Crippen LogP contribution is 2.20. The Bertz CT molecular complexity index is 618. The van der Waals surface area contributed by atoms with E-state index in [0.29, 0.717) is 12.8 Å². The van der Waals surface area contributed by atoms with Crippen LogP contribution in [0.25, 0.3) is 0 Å². The smallest absolute Gasteiger partial charge is 0.357 e. The molecule has 1 aliphatic rings. The Morgan fingerprint density at radius 1 is 1.53 bits per heavy atom. The van der Waals surface area contributed by atoms with E-state index in [4.69, 9.17) is 5.11 Å². The number of nitrogens with zero attached hydrogens (tertiary/aromatic N) is 1. The van der Waals surface area contributed by atoms with Gasteiger partial charge in [-0.3, -0.25) is 5.10 Å². The maximum atomic E-state index is 12.2. The Hall–Kier alpha value is -1.67. The summed E-state index contributed by atoms with van der Waals surface area (Å²) in [5.41, 5.74) is -0.257. The third-order valence-electron chi connectivity index (χ3n) is 2.95. The molecular formula is C11H15N3O4S. The first kappa shape index (κ1) is 13.8. The number of aromatic amines is 1. The Kier molecular flexibility index (Phi) is 3.72. The van der Waals surface area contributed by atoms with Gasteiger partial charge in [0.15, 0.2) is 5.69 Å². The standard InChI is InChI=1S/C11H15N3O4S/c1-7-10(9(11(15)16)13-12-7)19(17,18)14-8-5-3-2-4-6-8/h2-3,8,14H,4-6H2,1H3,(H,12,13)(H,15,16). The molecule has 7 nitrogen and oxygen atoms in total. The number of H-pyrrole nitrogens is 1. The molecule has 8 heteroatoms. The molecule has 19 heavy (non-hydrogen) atoms. The van der Waals surface area contributed by atoms with Gasteiger partial charge in [0.05, 0.1) is 5.69 Å². The van der Waals surface area contributed by atoms with Crippen LogP contribution in [0.5, 0.6) is 0 Å². The quantitative estimate of drug-likeness (QED) is 0.708. The molecule has 0 saturated carbocycles. The van der Waals surface area contributed by atoms with Gasteiger partial charge < -0.3 is 5.11 Å². The van der Waals surface area contributed by atoms with Crippen molar-refractivity contribution in [2.45, 2.75) is 37.1 Å². The van der Waals surface area contributed by atoms with Crippen molar-refractivity contribution in [1.82, 2.24) is 14.9 Å². The van der Waals surface area contributed by atoms with Crippen molar-refractivity contribution in [1.29, 1.82) is 0 Å². The third kappa shape index (κ3) is 2.85. The lowest BCUT2D eigenvalue weighted by Crippen LogP contribution is -2.36. The molecule has 3 N–H and O–H groups in total. The van der Waals surface area contributed by atoms with Crippen molar-refractivity contribution in [3.8, 4) is 0 Å². The summed E-state index contributed by atoms with van der Waals surface area (Å²) < 4.78 is 27.0. The summed E-state index contributed by atoms with van der Waals surface area (Å²) in [5, 5.41) is 14.9. The summed E-state index contributed by atoms with van der Waals surface area (Å²) in [6.07, 6.45) is 6.03. The molecule has 1 atom stereocenters. The Morgan fingerprint density at radius 2 is 2.26 bits per heavy atom. The molecule has 1 unspecified atom stereocenters. The second-order valence-electron chi connectivity index (χ2n) is 4.43. The number of carboxylic acid groups (broad SMARTS) is 1. The number of carboxylic acids is 1. The number of hydrogen-bond donors (Lipinski definition) is 3. The monoisotopic (exact) mass is 285 g/mol. The van der Waals surface area contributed by atoms with E-state index in [1.165, 1.54) is 6.92 Å². The van der Waals surface area contributed by atoms with E-state index in [1.54, 1.807) is 0 Å². The molecule has 0 aromatic carbocycles. The molecule has 1 heterocycles. The fraction of sp³-hybridized carbons (Fsp3) is 0.455. The van der Waals surface area contributed by atoms with Crippen LogP contribution in [-0.2, 0) is 10.0 Å². The molecule has 2 rings (SSSR count). The van der Waals surface area contributed by atoms with E-state index in [2.05, 4.69) is 14.9 Å². The SMILES string of the molecule is Cc1[nH]nc(C(=O)O)c1S(=O)(=O)NC1CC=CCC1. The van der Waals surface area contributed by atoms with Gasteiger partial charge in [-0.2, -0.15) is 5.10 Å². The van der Waals surface area contributed by atoms with Crippen molar-refractivity contribution in [2.75, 3.05) is 0 Å². The number of sulfonamides is 1. The first-order chi connectivity index (χ1) is 8.92. The molecule has 1 aromatic heterocycles. The Morgan fingerprint density at radius 3 is 2.84 bits per heavy atom. The molecule has 1 aromatic rings. The molecule has 0 spiro atoms. The summed E-state index contributed by atoms with van der Waals surface area (Å²) in [5.74, 6) is -1.37. The van der Waals surface area contributed by atoms with E-state index in [-0.39, 0.29) is 16.6 Å². The fourth-order valence-electron chi connectivity index (χ4n) is 2.07. The van der Waals surface area contributed by atoms with E-state index in [0.717, 1.165) is 6.42 Å². The zero-order valence-corrected chi connectivity index (χ0v) is 11.2. The molecule has 1 aliphatic carbocycles. The summed E-state index contributed by atoms with van der Waals surface area (Å²) in [4.78, 5) is 10.7. The fourth-order valence-corrected chi connectivity index (χ4v) is 3.68. The summed E-state index contributed by atoms with van der Waals surface area (Å²) in [6, 6.07) is -0.203. The molecule has 0 aliphatic heterocycles. The average molecular weight is 285 g/mol. The van der Waals surface area contributed by atoms with Gasteiger partial charge in [-0.05, 0) is 26.2 Å². The van der Waals surface area contributed by atoms with Gasteiger partial charge in [0.2, 0.25) is 10.0 Å². The van der Waals surface area contributed by atoms with E-state index >= 15 is 0 Å². The van der Waals surface area contributed by atoms with Crippen molar-refractivity contribution in [3.05, 3.63) is 23.5 Å². The number of aryl methyl sites for hydroxylation is 1. The highest BCUT2D eigenvalue weighted by molar-refractivity contribution is 7.89. The van der Waals surface area contributed by atoms with Crippen LogP contribution in [0.1, 0.15) is 35.4 Å². The lowest BCUT2D eigenvalue weighted by atomic mass is 10.0. The molecule has 0 amide bonds. The highest BCUT2D eigenvalue weighted by atomic mass is 32.2. The zero-order valence-electron chi connectivity index (χ0n) is 10.4. The summed E-state index contributed by atoms with van der Waals surface area (Å²) in [6.45, 7) is 1.48. The van der Waals surface area contributed by atoms with Gasteiger partial charge in [-0.15, -0.1) is 0 Å². The summed E-state index contributed by atoms with van der Waals surface area (Å²) >= 11 is 0. The Balaban J connectivity index is 2.31. The first-order valence-electron chi connectivity index (χ1n) is 5.87. The van der Waals surface area contributed by atoms with Gasteiger partial charge in [-0.1, -0.05) is 12.2 Å². The van der Waals surface area contributed by atoms with Crippen LogP contribution in [0.2, 0.25) is 0 Å². The van der Waals surface area contributed by atoms with Crippen molar-refractivity contribution < 1.29 is 18.3 Å². The van der Waals surface area contributed by atoms with Crippen LogP contribution < -0.4 is 4.72 Å². The minimum Gasteiger partial charge on any atom is -0.476 e. The largest absolute Gasteiger partial charge is 0.476 e. The van der Waals surface area contributed by atoms with Crippen molar-refractivity contribution >= 4 is 16.0 Å². The predicted octanol–water partition coefficient (Wildman–Crippen LogP) is 0.803. The minimum absolute atomic E-state index is 0.203. The number of nitrogens with one attached hydrogen (secondary N) is 2. The van der Waals surface area contributed by atoms with Crippen LogP contribution in [-0.4, -0.2) is 35.7 Å². The molecule has 0 fully saturated rings. The molecule has 0 saturated heterocycles. The number of aromatic carboxylic acids is 1. The second-order valence-corrected chi connectivity index (χ2v) is 6.08. The molecule has 0 radical (unpaired) electrons. The van der Waals surface area contributed by atoms with Crippen LogP contribution in [0.4, 0.5) is 0 Å². The van der Waals surface area contributed by atoms with E-state index < -0.39 is 21.7 Å². The normalized spacial score (nSPS) is 19.5. The van der Waals surface area contributed by atoms with Gasteiger partial charge in [0, 0.05) is 6.04 Å². The second kappa shape index (κ2) is 5.14. The van der Waals surface area contributed by atoms with Gasteiger partial charge >= 0.3 is 5.97 Å². The van der Waals surface area contributed by atoms with Crippen LogP contribution in [0, 0.1) is 6.92 Å². The maximum Gasteiger partial charge on any atom is 0.357 e. The van der Waals surface area contributed by atoms with Crippen molar-refractivity contribution in [2.24, 2.45) is 0 Å². The zero-order chi connectivity index (χ0) is 14.0. The predicted molar refractivity (Wildman–Crippen MR) is 67.4 cm³/mol. The molecule has 0 bridgehead atoms. The third-order valence-corrected chi connectivity index (χ3v) is 4.63. The van der Waals surface area contributed by atoms with E-state index in [1.807, 2.05) is 12.2 Å². The van der Waals surface area contributed by atoms with Gasteiger partial charge in [-0.25, -0.2) is 17.9 Å². The highest BCUT2D eigenvalue weighted by Gasteiger charge is 2.30. The first-order valence-corrected chi connectivity index (χ1v) is 7.35. The number of aromatic nitrogens is 2. The number of hydrogen-bond acceptors (Lipinski definition) is 4. The topological polar surface area (TPSA) is 112 Å². The lowest BCUT2D eigenvalue weighted by Gasteiger charge is -2.19. The van der Waals surface area contributed by atoms with Gasteiger partial charge in [0.25, 0.3) is 0 Å². The van der Waals surface area contributed by atoms with Crippen LogP contribution in [0.3, 0.4) is 0 Å². The Labute approximate surface area is 110 Å². The average Bonchev–Trinajstić information content (AvgIpc) is 2.73. The number of rotatable bonds is 4. The molecule has 104 valence electrons. The number of carbonyl (C=O) groups is 1. The van der Waals surface area contributed by atoms with E-state index in [9.17, 15) is 13.2 Å². The summed E-state index contributed by atoms with van der Waals surface area (Å²) in [7, 11) is -3.88. The van der Waals surface area contributed by atoms with Crippen LogP contribution >= 0.6 is 0 Å². The number of allylic oxidation sites excluding steroid dienone is 1.